The van der Waals surface area contributed by atoms with Crippen LogP contribution >= 0.6 is 0 Å². The molecule has 0 spiro atoms. The number of fused-ring (bicyclic) bond motifs is 1. The van der Waals surface area contributed by atoms with E-state index in [-0.39, 0.29) is 30.3 Å². The first kappa shape index (κ1) is 22.3. The second-order valence-corrected chi connectivity index (χ2v) is 9.85. The quantitative estimate of drug-likeness (QED) is 0.434. The molecule has 1 saturated heterocycles. The number of aliphatic hydroxyl groups excluding tert-OH is 2. The fraction of sp³-hybridized carbons (Fsp3) is 0.917. The summed E-state index contributed by atoms with van der Waals surface area (Å²) >= 11 is 0. The van der Waals surface area contributed by atoms with Gasteiger partial charge in [-0.25, -0.2) is 0 Å². The van der Waals surface area contributed by atoms with E-state index in [2.05, 4.69) is 20.8 Å². The third kappa shape index (κ3) is 5.00. The number of ether oxygens (including phenoxy) is 2. The van der Waals surface area contributed by atoms with Gasteiger partial charge in [0.2, 0.25) is 0 Å². The Morgan fingerprint density at radius 2 is 2.04 bits per heavy atom. The molecule has 0 aromatic carbocycles. The standard InChI is InChI=1S/C24H42O4/c1-17(2)18-9-12-24(3)13-10-19(20(11-14-25)23(18)24)21(26)7-6-16-28-22-8-4-5-15-27-22/h17,19-22,25-26H,4-16H2,1-3H3/t19?,20?,21-,22?,24-/m1/s1. The Morgan fingerprint density at radius 3 is 2.71 bits per heavy atom. The van der Waals surface area contributed by atoms with E-state index < -0.39 is 0 Å². The predicted molar refractivity (Wildman–Crippen MR) is 112 cm³/mol. The number of aliphatic hydroxyl groups is 2. The van der Waals surface area contributed by atoms with Crippen LogP contribution < -0.4 is 0 Å². The zero-order chi connectivity index (χ0) is 20.1. The zero-order valence-electron chi connectivity index (χ0n) is 18.3. The van der Waals surface area contributed by atoms with Crippen molar-refractivity contribution < 1.29 is 19.7 Å². The van der Waals surface area contributed by atoms with Gasteiger partial charge in [-0.1, -0.05) is 31.9 Å². The maximum Gasteiger partial charge on any atom is 0.157 e. The van der Waals surface area contributed by atoms with Crippen LogP contribution in [0.4, 0.5) is 0 Å². The molecule has 3 aliphatic rings. The lowest BCUT2D eigenvalue weighted by molar-refractivity contribution is -0.163. The van der Waals surface area contributed by atoms with Gasteiger partial charge in [-0.2, -0.15) is 0 Å². The van der Waals surface area contributed by atoms with Crippen LogP contribution in [-0.4, -0.2) is 42.4 Å². The van der Waals surface area contributed by atoms with E-state index in [1.54, 1.807) is 11.1 Å². The average molecular weight is 395 g/mol. The van der Waals surface area contributed by atoms with Gasteiger partial charge in [0.15, 0.2) is 6.29 Å². The molecule has 1 heterocycles. The zero-order valence-corrected chi connectivity index (χ0v) is 18.3. The van der Waals surface area contributed by atoms with E-state index in [4.69, 9.17) is 9.47 Å². The van der Waals surface area contributed by atoms with Crippen LogP contribution in [0.15, 0.2) is 11.1 Å². The lowest BCUT2D eigenvalue weighted by Gasteiger charge is -2.45. The molecule has 28 heavy (non-hydrogen) atoms. The van der Waals surface area contributed by atoms with E-state index in [0.717, 1.165) is 45.1 Å². The summed E-state index contributed by atoms with van der Waals surface area (Å²) in [6.07, 6.45) is 10.1. The molecule has 3 rings (SSSR count). The van der Waals surface area contributed by atoms with Gasteiger partial charge in [-0.05, 0) is 87.4 Å². The average Bonchev–Trinajstić information content (AvgIpc) is 3.04. The number of rotatable bonds is 9. The lowest BCUT2D eigenvalue weighted by Crippen LogP contribution is -2.39. The molecule has 0 radical (unpaired) electrons. The highest BCUT2D eigenvalue weighted by atomic mass is 16.7. The third-order valence-electron chi connectivity index (χ3n) is 7.58. The minimum Gasteiger partial charge on any atom is -0.396 e. The summed E-state index contributed by atoms with van der Waals surface area (Å²) < 4.78 is 11.5. The summed E-state index contributed by atoms with van der Waals surface area (Å²) in [5.41, 5.74) is 3.49. The predicted octanol–water partition coefficient (Wildman–Crippen LogP) is 4.83. The van der Waals surface area contributed by atoms with Crippen molar-refractivity contribution in [3.63, 3.8) is 0 Å². The first-order chi connectivity index (χ1) is 13.5. The highest BCUT2D eigenvalue weighted by molar-refractivity contribution is 5.33. The van der Waals surface area contributed by atoms with Crippen molar-refractivity contribution in [2.45, 2.75) is 97.4 Å². The van der Waals surface area contributed by atoms with Gasteiger partial charge >= 0.3 is 0 Å². The SMILES string of the molecule is CC(C)C1=C2C(CCO)C([C@H](O)CCCOC3CCCCO3)CC[C@@]2(C)CC1. The smallest absolute Gasteiger partial charge is 0.157 e. The summed E-state index contributed by atoms with van der Waals surface area (Å²) in [4.78, 5) is 0. The Bertz CT molecular complexity index is 523. The molecule has 4 heteroatoms. The van der Waals surface area contributed by atoms with Crippen molar-refractivity contribution in [2.75, 3.05) is 19.8 Å². The Kier molecular flexibility index (Phi) is 8.00. The van der Waals surface area contributed by atoms with Crippen LogP contribution in [0, 0.1) is 23.2 Å². The third-order valence-corrected chi connectivity index (χ3v) is 7.58. The van der Waals surface area contributed by atoms with Gasteiger partial charge < -0.3 is 19.7 Å². The van der Waals surface area contributed by atoms with Crippen LogP contribution in [0.5, 0.6) is 0 Å². The number of allylic oxidation sites excluding steroid dienone is 2. The summed E-state index contributed by atoms with van der Waals surface area (Å²) in [5, 5.41) is 20.8. The second kappa shape index (κ2) is 10.1. The summed E-state index contributed by atoms with van der Waals surface area (Å²) in [6, 6.07) is 0. The monoisotopic (exact) mass is 394 g/mol. The first-order valence-corrected chi connectivity index (χ1v) is 11.7. The molecule has 0 bridgehead atoms. The molecular formula is C24H42O4. The number of hydrogen-bond acceptors (Lipinski definition) is 4. The Labute approximate surface area is 171 Å². The maximum absolute atomic E-state index is 11.0. The van der Waals surface area contributed by atoms with Gasteiger partial charge in [0.05, 0.1) is 6.10 Å². The molecule has 5 atom stereocenters. The molecule has 3 unspecified atom stereocenters. The molecule has 0 aromatic rings. The highest BCUT2D eigenvalue weighted by Gasteiger charge is 2.47. The topological polar surface area (TPSA) is 58.9 Å². The molecule has 162 valence electrons. The summed E-state index contributed by atoms with van der Waals surface area (Å²) in [5.74, 6) is 1.17. The molecule has 2 aliphatic carbocycles. The van der Waals surface area contributed by atoms with E-state index >= 15 is 0 Å². The van der Waals surface area contributed by atoms with Crippen molar-refractivity contribution in [3.05, 3.63) is 11.1 Å². The molecule has 1 saturated carbocycles. The van der Waals surface area contributed by atoms with Crippen molar-refractivity contribution in [1.82, 2.24) is 0 Å². The van der Waals surface area contributed by atoms with Gasteiger partial charge in [0.25, 0.3) is 0 Å². The Morgan fingerprint density at radius 1 is 1.21 bits per heavy atom. The van der Waals surface area contributed by atoms with Gasteiger partial charge in [0, 0.05) is 19.8 Å². The molecule has 4 nitrogen and oxygen atoms in total. The van der Waals surface area contributed by atoms with E-state index in [9.17, 15) is 10.2 Å². The molecule has 0 amide bonds. The van der Waals surface area contributed by atoms with Crippen molar-refractivity contribution >= 4 is 0 Å². The van der Waals surface area contributed by atoms with E-state index in [1.165, 1.54) is 25.7 Å². The van der Waals surface area contributed by atoms with E-state index in [0.29, 0.717) is 18.4 Å². The second-order valence-electron chi connectivity index (χ2n) is 9.85. The highest BCUT2D eigenvalue weighted by Crippen LogP contribution is 2.58. The molecule has 2 N–H and O–H groups in total. The lowest BCUT2D eigenvalue weighted by atomic mass is 9.60. The van der Waals surface area contributed by atoms with Crippen LogP contribution in [-0.2, 0) is 9.47 Å². The first-order valence-electron chi connectivity index (χ1n) is 11.7. The van der Waals surface area contributed by atoms with Gasteiger partial charge in [-0.15, -0.1) is 0 Å². The molecule has 0 aromatic heterocycles. The Hall–Kier alpha value is -0.420. The van der Waals surface area contributed by atoms with Crippen molar-refractivity contribution in [2.24, 2.45) is 23.2 Å². The van der Waals surface area contributed by atoms with Crippen LogP contribution in [0.3, 0.4) is 0 Å². The van der Waals surface area contributed by atoms with Crippen LogP contribution in [0.25, 0.3) is 0 Å². The maximum atomic E-state index is 11.0. The fourth-order valence-electron chi connectivity index (χ4n) is 6.04. The fourth-order valence-corrected chi connectivity index (χ4v) is 6.04. The minimum absolute atomic E-state index is 0.0411. The van der Waals surface area contributed by atoms with Crippen LogP contribution in [0.1, 0.15) is 85.0 Å². The Balaban J connectivity index is 1.59. The largest absolute Gasteiger partial charge is 0.396 e. The number of hydrogen-bond donors (Lipinski definition) is 2. The van der Waals surface area contributed by atoms with Gasteiger partial charge in [0.1, 0.15) is 0 Å². The van der Waals surface area contributed by atoms with Crippen molar-refractivity contribution in [3.8, 4) is 0 Å². The minimum atomic E-state index is -0.307. The van der Waals surface area contributed by atoms with Crippen molar-refractivity contribution in [1.29, 1.82) is 0 Å². The normalized spacial score (nSPS) is 34.7. The van der Waals surface area contributed by atoms with Gasteiger partial charge in [-0.3, -0.25) is 0 Å². The van der Waals surface area contributed by atoms with E-state index in [1.807, 2.05) is 0 Å². The molecule has 1 aliphatic heterocycles. The molecule has 2 fully saturated rings. The molecular weight excluding hydrogens is 352 g/mol. The summed E-state index contributed by atoms with van der Waals surface area (Å²) in [7, 11) is 0. The summed E-state index contributed by atoms with van der Waals surface area (Å²) in [6.45, 7) is 8.70. The van der Waals surface area contributed by atoms with Crippen LogP contribution in [0.2, 0.25) is 0 Å².